The van der Waals surface area contributed by atoms with Crippen LogP contribution in [-0.2, 0) is 4.79 Å². The molecule has 1 rings (SSSR count). The maximum absolute atomic E-state index is 11.2. The standard InChI is InChI=1S/C11H13BrO2S/c1-3-14-9-4-8(5-10(15)6-9)11(12)7(2)13/h4-6,11,15H,3H2,1-2H3. The van der Waals surface area contributed by atoms with E-state index in [1.807, 2.05) is 25.1 Å². The fourth-order valence-corrected chi connectivity index (χ4v) is 1.78. The summed E-state index contributed by atoms with van der Waals surface area (Å²) in [6, 6.07) is 5.53. The Morgan fingerprint density at radius 3 is 2.73 bits per heavy atom. The van der Waals surface area contributed by atoms with Gasteiger partial charge in [-0.15, -0.1) is 12.6 Å². The number of rotatable bonds is 4. The number of hydrogen-bond donors (Lipinski definition) is 1. The van der Waals surface area contributed by atoms with Crippen LogP contribution in [0.15, 0.2) is 23.1 Å². The molecule has 0 fully saturated rings. The van der Waals surface area contributed by atoms with Gasteiger partial charge in [-0.2, -0.15) is 0 Å². The molecular weight excluding hydrogens is 276 g/mol. The minimum atomic E-state index is -0.288. The first-order chi connectivity index (χ1) is 7.04. The molecule has 0 aliphatic carbocycles. The lowest BCUT2D eigenvalue weighted by molar-refractivity contribution is -0.116. The smallest absolute Gasteiger partial charge is 0.147 e. The predicted octanol–water partition coefficient (Wildman–Crippen LogP) is 3.40. The highest BCUT2D eigenvalue weighted by molar-refractivity contribution is 9.09. The molecule has 15 heavy (non-hydrogen) atoms. The number of halogens is 1. The SMILES string of the molecule is CCOc1cc(S)cc(C(Br)C(C)=O)c1. The Bertz CT molecular complexity index is 366. The summed E-state index contributed by atoms with van der Waals surface area (Å²) in [5.41, 5.74) is 0.874. The summed E-state index contributed by atoms with van der Waals surface area (Å²) in [5, 5.41) is 0. The van der Waals surface area contributed by atoms with Crippen molar-refractivity contribution in [1.82, 2.24) is 0 Å². The van der Waals surface area contributed by atoms with Crippen LogP contribution in [0.1, 0.15) is 24.2 Å². The van der Waals surface area contributed by atoms with Gasteiger partial charge < -0.3 is 4.74 Å². The number of benzene rings is 1. The van der Waals surface area contributed by atoms with Crippen LogP contribution in [0.2, 0.25) is 0 Å². The Morgan fingerprint density at radius 2 is 2.20 bits per heavy atom. The van der Waals surface area contributed by atoms with Gasteiger partial charge in [0.15, 0.2) is 0 Å². The Morgan fingerprint density at radius 1 is 1.53 bits per heavy atom. The second-order valence-electron chi connectivity index (χ2n) is 3.17. The number of carbonyl (C=O) groups is 1. The fourth-order valence-electron chi connectivity index (χ4n) is 1.24. The van der Waals surface area contributed by atoms with Gasteiger partial charge in [-0.1, -0.05) is 15.9 Å². The van der Waals surface area contributed by atoms with E-state index >= 15 is 0 Å². The van der Waals surface area contributed by atoms with Crippen LogP contribution in [0.4, 0.5) is 0 Å². The summed E-state index contributed by atoms with van der Waals surface area (Å²) < 4.78 is 5.38. The first kappa shape index (κ1) is 12.6. The molecule has 0 aromatic heterocycles. The Labute approximate surface area is 104 Å². The first-order valence-electron chi connectivity index (χ1n) is 4.66. The molecule has 2 nitrogen and oxygen atoms in total. The minimum absolute atomic E-state index is 0.0661. The lowest BCUT2D eigenvalue weighted by Gasteiger charge is -2.10. The van der Waals surface area contributed by atoms with Gasteiger partial charge in [0.2, 0.25) is 0 Å². The Kier molecular flexibility index (Phi) is 4.67. The van der Waals surface area contributed by atoms with Gasteiger partial charge in [-0.05, 0) is 37.6 Å². The molecule has 4 heteroatoms. The van der Waals surface area contributed by atoms with Gasteiger partial charge >= 0.3 is 0 Å². The van der Waals surface area contributed by atoms with E-state index in [4.69, 9.17) is 4.74 Å². The third-order valence-electron chi connectivity index (χ3n) is 1.87. The van der Waals surface area contributed by atoms with Crippen LogP contribution in [0, 0.1) is 0 Å². The van der Waals surface area contributed by atoms with E-state index in [2.05, 4.69) is 28.6 Å². The molecule has 0 saturated carbocycles. The average molecular weight is 289 g/mol. The molecule has 1 unspecified atom stereocenters. The molecule has 0 bridgehead atoms. The van der Waals surface area contributed by atoms with Crippen molar-refractivity contribution in [1.29, 1.82) is 0 Å². The molecule has 0 radical (unpaired) electrons. The van der Waals surface area contributed by atoms with Gasteiger partial charge in [0, 0.05) is 4.90 Å². The lowest BCUT2D eigenvalue weighted by atomic mass is 10.1. The largest absolute Gasteiger partial charge is 0.494 e. The van der Waals surface area contributed by atoms with Gasteiger partial charge in [0.25, 0.3) is 0 Å². The van der Waals surface area contributed by atoms with Gasteiger partial charge in [0.05, 0.1) is 11.4 Å². The van der Waals surface area contributed by atoms with E-state index in [9.17, 15) is 4.79 Å². The van der Waals surface area contributed by atoms with E-state index in [0.717, 1.165) is 16.2 Å². The molecule has 1 aromatic rings. The van der Waals surface area contributed by atoms with Crippen molar-refractivity contribution in [3.63, 3.8) is 0 Å². The van der Waals surface area contributed by atoms with Crippen LogP contribution in [0.3, 0.4) is 0 Å². The number of ether oxygens (including phenoxy) is 1. The highest BCUT2D eigenvalue weighted by atomic mass is 79.9. The Hall–Kier alpha value is -0.480. The number of ketones is 1. The van der Waals surface area contributed by atoms with E-state index in [-0.39, 0.29) is 10.6 Å². The summed E-state index contributed by atoms with van der Waals surface area (Å²) in [6.07, 6.45) is 0. The molecule has 0 saturated heterocycles. The second-order valence-corrected chi connectivity index (χ2v) is 4.60. The number of hydrogen-bond acceptors (Lipinski definition) is 3. The minimum Gasteiger partial charge on any atom is -0.494 e. The molecule has 0 amide bonds. The molecule has 0 aliphatic rings. The molecule has 0 heterocycles. The zero-order valence-corrected chi connectivity index (χ0v) is 11.1. The summed E-state index contributed by atoms with van der Waals surface area (Å²) in [7, 11) is 0. The topological polar surface area (TPSA) is 26.3 Å². The van der Waals surface area contributed by atoms with Crippen LogP contribution in [0.5, 0.6) is 5.75 Å². The van der Waals surface area contributed by atoms with Crippen LogP contribution in [0.25, 0.3) is 0 Å². The predicted molar refractivity (Wildman–Crippen MR) is 67.2 cm³/mol. The normalized spacial score (nSPS) is 12.3. The highest BCUT2D eigenvalue weighted by Gasteiger charge is 2.13. The quantitative estimate of drug-likeness (QED) is 0.679. The summed E-state index contributed by atoms with van der Waals surface area (Å²) in [5.74, 6) is 0.807. The zero-order chi connectivity index (χ0) is 11.4. The number of carbonyl (C=O) groups excluding carboxylic acids is 1. The summed E-state index contributed by atoms with van der Waals surface area (Å²) in [6.45, 7) is 4.07. The number of thiol groups is 1. The van der Waals surface area contributed by atoms with Crippen molar-refractivity contribution in [2.24, 2.45) is 0 Å². The molecule has 82 valence electrons. The molecule has 0 aliphatic heterocycles. The van der Waals surface area contributed by atoms with Crippen molar-refractivity contribution >= 4 is 34.3 Å². The third-order valence-corrected chi connectivity index (χ3v) is 3.31. The molecule has 1 aromatic carbocycles. The first-order valence-corrected chi connectivity index (χ1v) is 6.02. The average Bonchev–Trinajstić information content (AvgIpc) is 2.16. The van der Waals surface area contributed by atoms with Gasteiger partial charge in [-0.3, -0.25) is 4.79 Å². The maximum atomic E-state index is 11.2. The highest BCUT2D eigenvalue weighted by Crippen LogP contribution is 2.29. The van der Waals surface area contributed by atoms with Gasteiger partial charge in [0.1, 0.15) is 11.5 Å². The Balaban J connectivity index is 3.02. The molecule has 0 N–H and O–H groups in total. The van der Waals surface area contributed by atoms with E-state index in [1.165, 1.54) is 0 Å². The zero-order valence-electron chi connectivity index (χ0n) is 8.66. The van der Waals surface area contributed by atoms with E-state index in [1.54, 1.807) is 6.92 Å². The summed E-state index contributed by atoms with van der Waals surface area (Å²) in [4.78, 5) is 11.7. The number of alkyl halides is 1. The van der Waals surface area contributed by atoms with Gasteiger partial charge in [-0.25, -0.2) is 0 Å². The van der Waals surface area contributed by atoms with E-state index in [0.29, 0.717) is 6.61 Å². The monoisotopic (exact) mass is 288 g/mol. The number of Topliss-reactive ketones (excluding diaryl/α,β-unsaturated/α-hetero) is 1. The molecule has 1 atom stereocenters. The van der Waals surface area contributed by atoms with Crippen molar-refractivity contribution in [2.75, 3.05) is 6.61 Å². The molecular formula is C11H13BrO2S. The van der Waals surface area contributed by atoms with E-state index < -0.39 is 0 Å². The fraction of sp³-hybridized carbons (Fsp3) is 0.364. The third kappa shape index (κ3) is 3.54. The van der Waals surface area contributed by atoms with Crippen molar-refractivity contribution in [2.45, 2.75) is 23.6 Å². The van der Waals surface area contributed by atoms with Crippen molar-refractivity contribution in [3.05, 3.63) is 23.8 Å². The van der Waals surface area contributed by atoms with Crippen LogP contribution < -0.4 is 4.74 Å². The molecule has 0 spiro atoms. The van der Waals surface area contributed by atoms with Crippen molar-refractivity contribution in [3.8, 4) is 5.75 Å². The van der Waals surface area contributed by atoms with Crippen LogP contribution >= 0.6 is 28.6 Å². The van der Waals surface area contributed by atoms with Crippen LogP contribution in [-0.4, -0.2) is 12.4 Å². The second kappa shape index (κ2) is 5.56. The lowest BCUT2D eigenvalue weighted by Crippen LogP contribution is -2.02. The van der Waals surface area contributed by atoms with Crippen molar-refractivity contribution < 1.29 is 9.53 Å². The maximum Gasteiger partial charge on any atom is 0.147 e. The summed E-state index contributed by atoms with van der Waals surface area (Å²) >= 11 is 7.60.